The fourth-order valence-electron chi connectivity index (χ4n) is 3.51. The van der Waals surface area contributed by atoms with Crippen molar-refractivity contribution in [1.29, 1.82) is 0 Å². The number of hydrogen-bond acceptors (Lipinski definition) is 4. The predicted molar refractivity (Wildman–Crippen MR) is 86.0 cm³/mol. The quantitative estimate of drug-likeness (QED) is 0.842. The van der Waals surface area contributed by atoms with Gasteiger partial charge in [0.25, 0.3) is 5.91 Å². The maximum Gasteiger partial charge on any atom is 0.286 e. The molecule has 0 spiro atoms. The van der Waals surface area contributed by atoms with E-state index in [9.17, 15) is 14.4 Å². The van der Waals surface area contributed by atoms with Crippen LogP contribution in [0, 0.1) is 5.92 Å². The highest BCUT2D eigenvalue weighted by Gasteiger charge is 2.38. The van der Waals surface area contributed by atoms with Gasteiger partial charge in [-0.15, -0.1) is 0 Å². The topological polar surface area (TPSA) is 91.7 Å². The summed E-state index contributed by atoms with van der Waals surface area (Å²) < 4.78 is 5.37. The summed E-state index contributed by atoms with van der Waals surface area (Å²) in [7, 11) is 1.53. The summed E-state index contributed by atoms with van der Waals surface area (Å²) in [6, 6.07) is 3.55. The molecule has 0 bridgehead atoms. The minimum atomic E-state index is -0.304. The molecule has 0 unspecified atom stereocenters. The molecule has 130 valence electrons. The van der Waals surface area contributed by atoms with Crippen LogP contribution < -0.4 is 10.6 Å². The van der Waals surface area contributed by atoms with Gasteiger partial charge in [-0.05, 0) is 25.0 Å². The molecule has 7 nitrogen and oxygen atoms in total. The summed E-state index contributed by atoms with van der Waals surface area (Å²) in [6.45, 7) is 0.723. The lowest BCUT2D eigenvalue weighted by Crippen LogP contribution is -2.36. The monoisotopic (exact) mass is 333 g/mol. The SMILES string of the molecule is CNC(=O)c1ccc(CNC(=O)[C@@H]2CC(=O)N(C3CCCC3)C2)o1. The maximum atomic E-state index is 12.3. The molecule has 2 aliphatic rings. The summed E-state index contributed by atoms with van der Waals surface area (Å²) in [5.74, 6) is 0.0699. The molecule has 3 amide bonds. The largest absolute Gasteiger partial charge is 0.454 e. The Morgan fingerprint density at radius 3 is 2.75 bits per heavy atom. The van der Waals surface area contributed by atoms with Crippen LogP contribution in [0.1, 0.15) is 48.4 Å². The van der Waals surface area contributed by atoms with E-state index in [0.29, 0.717) is 18.3 Å². The normalized spacial score (nSPS) is 21.3. The second-order valence-electron chi connectivity index (χ2n) is 6.45. The van der Waals surface area contributed by atoms with Crippen molar-refractivity contribution in [2.45, 2.75) is 44.7 Å². The van der Waals surface area contributed by atoms with Crippen molar-refractivity contribution in [3.63, 3.8) is 0 Å². The minimum Gasteiger partial charge on any atom is -0.454 e. The maximum absolute atomic E-state index is 12.3. The molecule has 24 heavy (non-hydrogen) atoms. The minimum absolute atomic E-state index is 0.0851. The summed E-state index contributed by atoms with van der Waals surface area (Å²) in [4.78, 5) is 37.8. The van der Waals surface area contributed by atoms with Crippen molar-refractivity contribution in [2.75, 3.05) is 13.6 Å². The Kier molecular flexibility index (Phi) is 4.87. The van der Waals surface area contributed by atoms with E-state index in [-0.39, 0.29) is 42.4 Å². The number of amides is 3. The summed E-state index contributed by atoms with van der Waals surface area (Å²) in [6.07, 6.45) is 4.71. The van der Waals surface area contributed by atoms with Gasteiger partial charge in [0.15, 0.2) is 5.76 Å². The van der Waals surface area contributed by atoms with E-state index >= 15 is 0 Å². The number of furan rings is 1. The van der Waals surface area contributed by atoms with Crippen LogP contribution in [0.3, 0.4) is 0 Å². The Bertz CT molecular complexity index is 634. The second-order valence-corrected chi connectivity index (χ2v) is 6.45. The highest BCUT2D eigenvalue weighted by atomic mass is 16.4. The Hall–Kier alpha value is -2.31. The third-order valence-electron chi connectivity index (χ3n) is 4.84. The number of carbonyl (C=O) groups excluding carboxylic acids is 3. The highest BCUT2D eigenvalue weighted by Crippen LogP contribution is 2.29. The zero-order chi connectivity index (χ0) is 17.1. The lowest BCUT2D eigenvalue weighted by atomic mass is 10.1. The van der Waals surface area contributed by atoms with E-state index in [1.165, 1.54) is 7.05 Å². The summed E-state index contributed by atoms with van der Waals surface area (Å²) in [5, 5.41) is 5.28. The predicted octanol–water partition coefficient (Wildman–Crippen LogP) is 1.05. The first kappa shape index (κ1) is 16.5. The molecule has 2 N–H and O–H groups in total. The molecule has 3 rings (SSSR count). The van der Waals surface area contributed by atoms with Gasteiger partial charge in [0, 0.05) is 26.1 Å². The van der Waals surface area contributed by atoms with Gasteiger partial charge in [0.1, 0.15) is 5.76 Å². The van der Waals surface area contributed by atoms with Gasteiger partial charge in [0.2, 0.25) is 11.8 Å². The van der Waals surface area contributed by atoms with Crippen LogP contribution >= 0.6 is 0 Å². The molecule has 0 radical (unpaired) electrons. The van der Waals surface area contributed by atoms with Gasteiger partial charge in [-0.3, -0.25) is 14.4 Å². The number of nitrogens with zero attached hydrogens (tertiary/aromatic N) is 1. The summed E-state index contributed by atoms with van der Waals surface area (Å²) in [5.41, 5.74) is 0. The summed E-state index contributed by atoms with van der Waals surface area (Å²) >= 11 is 0. The Morgan fingerprint density at radius 1 is 1.29 bits per heavy atom. The Labute approximate surface area is 140 Å². The van der Waals surface area contributed by atoms with Crippen molar-refractivity contribution < 1.29 is 18.8 Å². The molecule has 1 aromatic heterocycles. The molecule has 1 saturated heterocycles. The van der Waals surface area contributed by atoms with Gasteiger partial charge < -0.3 is 20.0 Å². The molecular formula is C17H23N3O4. The Morgan fingerprint density at radius 2 is 2.04 bits per heavy atom. The molecule has 1 aliphatic carbocycles. The average Bonchev–Trinajstić information content (AvgIpc) is 3.31. The number of likely N-dealkylation sites (tertiary alicyclic amines) is 1. The van der Waals surface area contributed by atoms with Crippen molar-refractivity contribution in [3.05, 3.63) is 23.7 Å². The zero-order valence-electron chi connectivity index (χ0n) is 13.8. The molecule has 2 heterocycles. The zero-order valence-corrected chi connectivity index (χ0v) is 13.8. The third-order valence-corrected chi connectivity index (χ3v) is 4.84. The third kappa shape index (κ3) is 3.44. The number of rotatable bonds is 5. The van der Waals surface area contributed by atoms with Crippen molar-refractivity contribution in [3.8, 4) is 0 Å². The smallest absolute Gasteiger partial charge is 0.286 e. The molecule has 1 saturated carbocycles. The van der Waals surface area contributed by atoms with E-state index in [2.05, 4.69) is 10.6 Å². The molecule has 1 aliphatic heterocycles. The van der Waals surface area contributed by atoms with E-state index in [1.807, 2.05) is 4.90 Å². The van der Waals surface area contributed by atoms with Crippen LogP contribution in [-0.4, -0.2) is 42.3 Å². The number of carbonyl (C=O) groups is 3. The highest BCUT2D eigenvalue weighted by molar-refractivity contribution is 5.91. The second kappa shape index (κ2) is 7.07. The van der Waals surface area contributed by atoms with Gasteiger partial charge >= 0.3 is 0 Å². The molecule has 1 aromatic rings. The first-order valence-corrected chi connectivity index (χ1v) is 8.46. The first-order chi connectivity index (χ1) is 11.6. The van der Waals surface area contributed by atoms with Gasteiger partial charge in [-0.1, -0.05) is 12.8 Å². The standard InChI is InChI=1S/C17H23N3O4/c1-18-17(23)14-7-6-13(24-14)9-19-16(22)11-8-15(21)20(10-11)12-4-2-3-5-12/h6-7,11-12H,2-5,8-10H2,1H3,(H,18,23)(H,19,22)/t11-/m1/s1. The average molecular weight is 333 g/mol. The van der Waals surface area contributed by atoms with E-state index in [0.717, 1.165) is 25.7 Å². The molecule has 2 fully saturated rings. The van der Waals surface area contributed by atoms with E-state index in [1.54, 1.807) is 12.1 Å². The lowest BCUT2D eigenvalue weighted by Gasteiger charge is -2.23. The Balaban J connectivity index is 1.51. The van der Waals surface area contributed by atoms with Crippen LogP contribution in [0.15, 0.2) is 16.5 Å². The fraction of sp³-hybridized carbons (Fsp3) is 0.588. The van der Waals surface area contributed by atoms with Crippen LogP contribution in [0.25, 0.3) is 0 Å². The van der Waals surface area contributed by atoms with E-state index < -0.39 is 0 Å². The van der Waals surface area contributed by atoms with Crippen LogP contribution in [0.5, 0.6) is 0 Å². The van der Waals surface area contributed by atoms with Crippen molar-refractivity contribution in [2.24, 2.45) is 5.92 Å². The van der Waals surface area contributed by atoms with Crippen LogP contribution in [0.2, 0.25) is 0 Å². The fourth-order valence-corrected chi connectivity index (χ4v) is 3.51. The van der Waals surface area contributed by atoms with Gasteiger partial charge in [-0.2, -0.15) is 0 Å². The van der Waals surface area contributed by atoms with Crippen molar-refractivity contribution in [1.82, 2.24) is 15.5 Å². The van der Waals surface area contributed by atoms with Crippen molar-refractivity contribution >= 4 is 17.7 Å². The molecular weight excluding hydrogens is 310 g/mol. The lowest BCUT2D eigenvalue weighted by molar-refractivity contribution is -0.130. The van der Waals surface area contributed by atoms with Gasteiger partial charge in [-0.25, -0.2) is 0 Å². The van der Waals surface area contributed by atoms with Gasteiger partial charge in [0.05, 0.1) is 12.5 Å². The van der Waals surface area contributed by atoms with Crippen LogP contribution in [-0.2, 0) is 16.1 Å². The first-order valence-electron chi connectivity index (χ1n) is 8.46. The number of hydrogen-bond donors (Lipinski definition) is 2. The van der Waals surface area contributed by atoms with Crippen LogP contribution in [0.4, 0.5) is 0 Å². The van der Waals surface area contributed by atoms with E-state index in [4.69, 9.17) is 4.42 Å². The molecule has 7 heteroatoms. The molecule has 1 atom stereocenters. The molecule has 0 aromatic carbocycles. The number of nitrogens with one attached hydrogen (secondary N) is 2.